The number of benzene rings is 2. The second kappa shape index (κ2) is 11.4. The molecule has 0 aliphatic heterocycles. The lowest BCUT2D eigenvalue weighted by Crippen LogP contribution is -2.45. The standard InChI is InChI=1S/C23H27N3O4S/c1-31-13-12-20(26-21(27)15-30-19-8-3-2-4-9-19)23(29)25-18-7-5-6-17(14-18)24-22(28)16-10-11-16/h2-9,14,16,20H,10-13,15H2,1H3,(H,24,28)(H,25,29)(H,26,27). The Kier molecular flexibility index (Phi) is 8.35. The van der Waals surface area contributed by atoms with Crippen LogP contribution >= 0.6 is 11.8 Å². The van der Waals surface area contributed by atoms with Crippen molar-refractivity contribution in [2.24, 2.45) is 5.92 Å². The fraction of sp³-hybridized carbons (Fsp3) is 0.348. The molecular weight excluding hydrogens is 414 g/mol. The number of anilines is 2. The minimum Gasteiger partial charge on any atom is -0.484 e. The van der Waals surface area contributed by atoms with E-state index in [1.165, 1.54) is 0 Å². The molecule has 0 saturated heterocycles. The van der Waals surface area contributed by atoms with Crippen molar-refractivity contribution in [1.82, 2.24) is 5.32 Å². The van der Waals surface area contributed by atoms with Gasteiger partial charge in [-0.15, -0.1) is 0 Å². The van der Waals surface area contributed by atoms with Crippen LogP contribution < -0.4 is 20.7 Å². The third-order valence-corrected chi connectivity index (χ3v) is 5.37. The monoisotopic (exact) mass is 441 g/mol. The van der Waals surface area contributed by atoms with E-state index in [9.17, 15) is 14.4 Å². The summed E-state index contributed by atoms with van der Waals surface area (Å²) in [6, 6.07) is 15.4. The van der Waals surface area contributed by atoms with Gasteiger partial charge in [-0.3, -0.25) is 14.4 Å². The van der Waals surface area contributed by atoms with E-state index in [0.717, 1.165) is 18.6 Å². The van der Waals surface area contributed by atoms with Crippen molar-refractivity contribution >= 4 is 40.9 Å². The predicted molar refractivity (Wildman–Crippen MR) is 123 cm³/mol. The number of para-hydroxylation sites is 1. The second-order valence-electron chi connectivity index (χ2n) is 7.34. The SMILES string of the molecule is CSCCC(NC(=O)COc1ccccc1)C(=O)Nc1cccc(NC(=O)C2CC2)c1. The van der Waals surface area contributed by atoms with Crippen molar-refractivity contribution in [2.45, 2.75) is 25.3 Å². The first-order valence-corrected chi connectivity index (χ1v) is 11.6. The molecule has 164 valence electrons. The summed E-state index contributed by atoms with van der Waals surface area (Å²) in [5.74, 6) is 0.737. The smallest absolute Gasteiger partial charge is 0.258 e. The Hall–Kier alpha value is -3.00. The van der Waals surface area contributed by atoms with Gasteiger partial charge in [-0.05, 0) is 61.6 Å². The summed E-state index contributed by atoms with van der Waals surface area (Å²) >= 11 is 1.60. The molecule has 1 atom stereocenters. The zero-order chi connectivity index (χ0) is 22.1. The van der Waals surface area contributed by atoms with Crippen molar-refractivity contribution in [2.75, 3.05) is 29.2 Å². The van der Waals surface area contributed by atoms with Gasteiger partial charge in [0.1, 0.15) is 11.8 Å². The number of amides is 3. The molecule has 0 bridgehead atoms. The summed E-state index contributed by atoms with van der Waals surface area (Å²) in [5, 5.41) is 8.45. The number of hydrogen-bond acceptors (Lipinski definition) is 5. The van der Waals surface area contributed by atoms with E-state index in [1.54, 1.807) is 48.2 Å². The first kappa shape index (κ1) is 22.7. The Morgan fingerprint density at radius 1 is 1.03 bits per heavy atom. The zero-order valence-corrected chi connectivity index (χ0v) is 18.2. The van der Waals surface area contributed by atoms with Crippen molar-refractivity contribution in [3.05, 3.63) is 54.6 Å². The van der Waals surface area contributed by atoms with Gasteiger partial charge in [0.15, 0.2) is 6.61 Å². The summed E-state index contributed by atoms with van der Waals surface area (Å²) in [4.78, 5) is 37.1. The number of carbonyl (C=O) groups is 3. The number of thioether (sulfide) groups is 1. The average molecular weight is 442 g/mol. The van der Waals surface area contributed by atoms with Crippen molar-refractivity contribution in [1.29, 1.82) is 0 Å². The van der Waals surface area contributed by atoms with Crippen LogP contribution in [-0.4, -0.2) is 42.4 Å². The Bertz CT molecular complexity index is 903. The molecule has 1 aliphatic rings. The Morgan fingerprint density at radius 2 is 1.74 bits per heavy atom. The maximum absolute atomic E-state index is 12.8. The molecule has 1 fully saturated rings. The van der Waals surface area contributed by atoms with Crippen LogP contribution in [0.2, 0.25) is 0 Å². The molecule has 3 amide bonds. The quantitative estimate of drug-likeness (QED) is 0.497. The van der Waals surface area contributed by atoms with Gasteiger partial charge >= 0.3 is 0 Å². The highest BCUT2D eigenvalue weighted by atomic mass is 32.2. The Morgan fingerprint density at radius 3 is 2.42 bits per heavy atom. The minimum absolute atomic E-state index is 0.00648. The highest BCUT2D eigenvalue weighted by Gasteiger charge is 2.29. The maximum Gasteiger partial charge on any atom is 0.258 e. The van der Waals surface area contributed by atoms with Gasteiger partial charge in [0.2, 0.25) is 11.8 Å². The lowest BCUT2D eigenvalue weighted by molar-refractivity contribution is -0.127. The van der Waals surface area contributed by atoms with Gasteiger partial charge in [-0.1, -0.05) is 24.3 Å². The predicted octanol–water partition coefficient (Wildman–Crippen LogP) is 3.29. The highest BCUT2D eigenvalue weighted by Crippen LogP contribution is 2.30. The van der Waals surface area contributed by atoms with E-state index in [1.807, 2.05) is 24.5 Å². The number of rotatable bonds is 11. The van der Waals surface area contributed by atoms with Crippen LogP contribution in [0, 0.1) is 5.92 Å². The molecule has 0 heterocycles. The molecule has 1 saturated carbocycles. The summed E-state index contributed by atoms with van der Waals surface area (Å²) in [7, 11) is 0. The lowest BCUT2D eigenvalue weighted by atomic mass is 10.2. The van der Waals surface area contributed by atoms with Gasteiger partial charge in [-0.2, -0.15) is 11.8 Å². The fourth-order valence-electron chi connectivity index (χ4n) is 2.90. The van der Waals surface area contributed by atoms with Crippen LogP contribution in [0.25, 0.3) is 0 Å². The number of carbonyl (C=O) groups excluding carboxylic acids is 3. The summed E-state index contributed by atoms with van der Waals surface area (Å²) < 4.78 is 5.46. The van der Waals surface area contributed by atoms with E-state index < -0.39 is 6.04 Å². The maximum atomic E-state index is 12.8. The molecule has 3 N–H and O–H groups in total. The van der Waals surface area contributed by atoms with E-state index in [0.29, 0.717) is 23.5 Å². The summed E-state index contributed by atoms with van der Waals surface area (Å²) in [5.41, 5.74) is 1.19. The molecule has 8 heteroatoms. The molecular formula is C23H27N3O4S. The third kappa shape index (κ3) is 7.64. The molecule has 3 rings (SSSR count). The Labute approximate surface area is 186 Å². The van der Waals surface area contributed by atoms with Crippen LogP contribution in [0.5, 0.6) is 5.75 Å². The molecule has 0 radical (unpaired) electrons. The van der Waals surface area contributed by atoms with E-state index in [-0.39, 0.29) is 30.2 Å². The molecule has 7 nitrogen and oxygen atoms in total. The second-order valence-corrected chi connectivity index (χ2v) is 8.32. The molecule has 0 spiro atoms. The highest BCUT2D eigenvalue weighted by molar-refractivity contribution is 7.98. The summed E-state index contributed by atoms with van der Waals surface area (Å²) in [6.45, 7) is -0.171. The van der Waals surface area contributed by atoms with Gasteiger partial charge in [-0.25, -0.2) is 0 Å². The normalized spacial score (nSPS) is 13.7. The lowest BCUT2D eigenvalue weighted by Gasteiger charge is -2.19. The molecule has 1 unspecified atom stereocenters. The van der Waals surface area contributed by atoms with E-state index in [2.05, 4.69) is 16.0 Å². The first-order chi connectivity index (χ1) is 15.0. The number of nitrogens with one attached hydrogen (secondary N) is 3. The van der Waals surface area contributed by atoms with Crippen LogP contribution in [0.15, 0.2) is 54.6 Å². The first-order valence-electron chi connectivity index (χ1n) is 10.2. The van der Waals surface area contributed by atoms with Crippen molar-refractivity contribution in [3.63, 3.8) is 0 Å². The van der Waals surface area contributed by atoms with Gasteiger partial charge < -0.3 is 20.7 Å². The zero-order valence-electron chi connectivity index (χ0n) is 17.4. The van der Waals surface area contributed by atoms with Gasteiger partial charge in [0, 0.05) is 17.3 Å². The molecule has 31 heavy (non-hydrogen) atoms. The van der Waals surface area contributed by atoms with Crippen molar-refractivity contribution in [3.8, 4) is 5.75 Å². The molecule has 2 aromatic rings. The fourth-order valence-corrected chi connectivity index (χ4v) is 3.37. The largest absolute Gasteiger partial charge is 0.484 e. The summed E-state index contributed by atoms with van der Waals surface area (Å²) in [6.07, 6.45) is 4.28. The van der Waals surface area contributed by atoms with Crippen LogP contribution in [0.1, 0.15) is 19.3 Å². The van der Waals surface area contributed by atoms with E-state index in [4.69, 9.17) is 4.74 Å². The molecule has 0 aromatic heterocycles. The average Bonchev–Trinajstić information content (AvgIpc) is 3.62. The van der Waals surface area contributed by atoms with Crippen LogP contribution in [-0.2, 0) is 14.4 Å². The topological polar surface area (TPSA) is 96.5 Å². The number of ether oxygens (including phenoxy) is 1. The van der Waals surface area contributed by atoms with Gasteiger partial charge in [0.05, 0.1) is 0 Å². The Balaban J connectivity index is 1.56. The van der Waals surface area contributed by atoms with Crippen LogP contribution in [0.4, 0.5) is 11.4 Å². The van der Waals surface area contributed by atoms with Gasteiger partial charge in [0.25, 0.3) is 5.91 Å². The minimum atomic E-state index is -0.691. The van der Waals surface area contributed by atoms with Crippen molar-refractivity contribution < 1.29 is 19.1 Å². The van der Waals surface area contributed by atoms with Crippen LogP contribution in [0.3, 0.4) is 0 Å². The molecule has 1 aliphatic carbocycles. The van der Waals surface area contributed by atoms with E-state index >= 15 is 0 Å². The third-order valence-electron chi connectivity index (χ3n) is 4.72. The number of hydrogen-bond donors (Lipinski definition) is 3. The molecule has 2 aromatic carbocycles.